The Balaban J connectivity index is 2.77. The number of hydrogen-bond acceptors (Lipinski definition) is 2. The molecule has 16 heavy (non-hydrogen) atoms. The van der Waals surface area contributed by atoms with Gasteiger partial charge in [0.15, 0.2) is 0 Å². The average Bonchev–Trinajstić information content (AvgIpc) is 2.27. The Morgan fingerprint density at radius 3 is 2.69 bits per heavy atom. The van der Waals surface area contributed by atoms with Gasteiger partial charge in [-0.2, -0.15) is 0 Å². The first-order chi connectivity index (χ1) is 7.56. The molecule has 0 radical (unpaired) electrons. The van der Waals surface area contributed by atoms with Crippen molar-refractivity contribution in [1.29, 1.82) is 0 Å². The molecular formula is C12H18FNOS. The fourth-order valence-electron chi connectivity index (χ4n) is 1.48. The van der Waals surface area contributed by atoms with E-state index in [1.165, 1.54) is 12.1 Å². The highest BCUT2D eigenvalue weighted by Crippen LogP contribution is 2.14. The molecule has 1 aromatic rings. The minimum Gasteiger partial charge on any atom is -0.313 e. The highest BCUT2D eigenvalue weighted by atomic mass is 32.2. The van der Waals surface area contributed by atoms with Crippen LogP contribution in [-0.4, -0.2) is 22.0 Å². The van der Waals surface area contributed by atoms with Gasteiger partial charge in [-0.05, 0) is 38.6 Å². The van der Waals surface area contributed by atoms with Crippen molar-refractivity contribution in [2.24, 2.45) is 0 Å². The van der Waals surface area contributed by atoms with Crippen LogP contribution in [0.2, 0.25) is 0 Å². The molecular weight excluding hydrogens is 225 g/mol. The molecule has 3 unspecified atom stereocenters. The van der Waals surface area contributed by atoms with E-state index in [2.05, 4.69) is 5.32 Å². The fourth-order valence-corrected chi connectivity index (χ4v) is 2.82. The maximum absolute atomic E-state index is 13.0. The van der Waals surface area contributed by atoms with Gasteiger partial charge in [-0.15, -0.1) is 0 Å². The molecule has 3 atom stereocenters. The van der Waals surface area contributed by atoms with Crippen molar-refractivity contribution in [3.05, 3.63) is 30.1 Å². The molecule has 1 rings (SSSR count). The molecule has 90 valence electrons. The van der Waals surface area contributed by atoms with Crippen LogP contribution in [-0.2, 0) is 10.8 Å². The third kappa shape index (κ3) is 3.39. The molecule has 0 amide bonds. The minimum atomic E-state index is -1.17. The zero-order valence-corrected chi connectivity index (χ0v) is 10.7. The van der Waals surface area contributed by atoms with Crippen molar-refractivity contribution in [1.82, 2.24) is 5.32 Å². The number of halogens is 1. The van der Waals surface area contributed by atoms with E-state index < -0.39 is 10.8 Å². The van der Waals surface area contributed by atoms with Crippen molar-refractivity contribution in [2.75, 3.05) is 6.54 Å². The van der Waals surface area contributed by atoms with Crippen molar-refractivity contribution in [3.8, 4) is 0 Å². The van der Waals surface area contributed by atoms with Crippen LogP contribution < -0.4 is 5.32 Å². The fraction of sp³-hybridized carbons (Fsp3) is 0.500. The van der Waals surface area contributed by atoms with E-state index in [-0.39, 0.29) is 17.1 Å². The average molecular weight is 243 g/mol. The molecule has 0 spiro atoms. The van der Waals surface area contributed by atoms with E-state index >= 15 is 0 Å². The Morgan fingerprint density at radius 2 is 2.12 bits per heavy atom. The first kappa shape index (κ1) is 13.3. The summed E-state index contributed by atoms with van der Waals surface area (Å²) >= 11 is 0. The highest BCUT2D eigenvalue weighted by molar-refractivity contribution is 7.85. The Morgan fingerprint density at radius 1 is 1.44 bits per heavy atom. The first-order valence-electron chi connectivity index (χ1n) is 5.45. The van der Waals surface area contributed by atoms with E-state index in [0.29, 0.717) is 4.90 Å². The zero-order valence-electron chi connectivity index (χ0n) is 9.87. The van der Waals surface area contributed by atoms with Gasteiger partial charge in [0.2, 0.25) is 0 Å². The Hall–Kier alpha value is -0.740. The summed E-state index contributed by atoms with van der Waals surface area (Å²) in [7, 11) is -1.17. The molecule has 0 heterocycles. The number of benzene rings is 1. The van der Waals surface area contributed by atoms with E-state index in [1.54, 1.807) is 12.1 Å². The van der Waals surface area contributed by atoms with Crippen LogP contribution in [0.25, 0.3) is 0 Å². The zero-order chi connectivity index (χ0) is 12.1. The molecule has 0 aliphatic heterocycles. The smallest absolute Gasteiger partial charge is 0.124 e. The Bertz CT molecular complexity index is 370. The quantitative estimate of drug-likeness (QED) is 0.860. The third-order valence-electron chi connectivity index (χ3n) is 2.60. The van der Waals surface area contributed by atoms with Gasteiger partial charge in [-0.3, -0.25) is 4.21 Å². The number of nitrogens with one attached hydrogen (secondary N) is 1. The van der Waals surface area contributed by atoms with Gasteiger partial charge in [0.1, 0.15) is 5.82 Å². The van der Waals surface area contributed by atoms with Gasteiger partial charge in [-0.25, -0.2) is 4.39 Å². The van der Waals surface area contributed by atoms with Crippen LogP contribution >= 0.6 is 0 Å². The van der Waals surface area contributed by atoms with Crippen molar-refractivity contribution >= 4 is 10.8 Å². The topological polar surface area (TPSA) is 29.1 Å². The van der Waals surface area contributed by atoms with Crippen molar-refractivity contribution in [3.63, 3.8) is 0 Å². The molecule has 0 aliphatic rings. The van der Waals surface area contributed by atoms with Crippen LogP contribution in [0.5, 0.6) is 0 Å². The van der Waals surface area contributed by atoms with Crippen LogP contribution in [0.3, 0.4) is 0 Å². The summed E-state index contributed by atoms with van der Waals surface area (Å²) in [4.78, 5) is 0.553. The number of rotatable bonds is 5. The van der Waals surface area contributed by atoms with E-state index in [9.17, 15) is 8.60 Å². The monoisotopic (exact) mass is 243 g/mol. The molecule has 1 aromatic carbocycles. The second kappa shape index (κ2) is 6.11. The second-order valence-corrected chi connectivity index (χ2v) is 5.62. The van der Waals surface area contributed by atoms with Gasteiger partial charge < -0.3 is 5.32 Å². The summed E-state index contributed by atoms with van der Waals surface area (Å²) in [5, 5.41) is 3.18. The lowest BCUT2D eigenvalue weighted by atomic mass is 10.2. The molecule has 0 bridgehead atoms. The molecule has 0 aromatic heterocycles. The van der Waals surface area contributed by atoms with Gasteiger partial charge in [0.25, 0.3) is 0 Å². The van der Waals surface area contributed by atoms with E-state index in [0.717, 1.165) is 6.54 Å². The third-order valence-corrected chi connectivity index (χ3v) is 4.40. The summed E-state index contributed by atoms with van der Waals surface area (Å²) in [6.45, 7) is 6.75. The summed E-state index contributed by atoms with van der Waals surface area (Å²) in [5.74, 6) is -0.339. The molecule has 0 saturated carbocycles. The van der Waals surface area contributed by atoms with Crippen molar-refractivity contribution in [2.45, 2.75) is 37.0 Å². The second-order valence-electron chi connectivity index (χ2n) is 3.81. The van der Waals surface area contributed by atoms with E-state index in [1.807, 2.05) is 20.8 Å². The summed E-state index contributed by atoms with van der Waals surface area (Å²) < 4.78 is 25.1. The Labute approximate surface area is 98.7 Å². The van der Waals surface area contributed by atoms with Gasteiger partial charge in [0.05, 0.1) is 16.0 Å². The SMILES string of the molecule is CCNC(C)C(C)S(=O)c1cccc(F)c1. The minimum absolute atomic E-state index is 0.0400. The molecule has 2 nitrogen and oxygen atoms in total. The first-order valence-corrected chi connectivity index (χ1v) is 6.67. The van der Waals surface area contributed by atoms with Gasteiger partial charge in [0, 0.05) is 10.9 Å². The van der Waals surface area contributed by atoms with Crippen LogP contribution in [0, 0.1) is 5.82 Å². The molecule has 4 heteroatoms. The maximum atomic E-state index is 13.0. The standard InChI is InChI=1S/C12H18FNOS/c1-4-14-9(2)10(3)16(15)12-7-5-6-11(13)8-12/h5-10,14H,4H2,1-3H3. The molecule has 0 fully saturated rings. The summed E-state index contributed by atoms with van der Waals surface area (Å²) in [6, 6.07) is 6.14. The van der Waals surface area contributed by atoms with Gasteiger partial charge in [-0.1, -0.05) is 13.0 Å². The van der Waals surface area contributed by atoms with Crippen LogP contribution in [0.15, 0.2) is 29.2 Å². The normalized spacial score (nSPS) is 16.8. The number of hydrogen-bond donors (Lipinski definition) is 1. The largest absolute Gasteiger partial charge is 0.313 e. The lowest BCUT2D eigenvalue weighted by Gasteiger charge is -2.20. The van der Waals surface area contributed by atoms with Crippen LogP contribution in [0.1, 0.15) is 20.8 Å². The van der Waals surface area contributed by atoms with Crippen molar-refractivity contribution < 1.29 is 8.60 Å². The molecule has 0 saturated heterocycles. The highest BCUT2D eigenvalue weighted by Gasteiger charge is 2.19. The molecule has 0 aliphatic carbocycles. The summed E-state index contributed by atoms with van der Waals surface area (Å²) in [5.41, 5.74) is 0. The van der Waals surface area contributed by atoms with Gasteiger partial charge >= 0.3 is 0 Å². The predicted molar refractivity (Wildman–Crippen MR) is 65.4 cm³/mol. The van der Waals surface area contributed by atoms with Crippen LogP contribution in [0.4, 0.5) is 4.39 Å². The predicted octanol–water partition coefficient (Wildman–Crippen LogP) is 2.32. The Kier molecular flexibility index (Phi) is 5.09. The summed E-state index contributed by atoms with van der Waals surface area (Å²) in [6.07, 6.45) is 0. The molecule has 1 N–H and O–H groups in total. The maximum Gasteiger partial charge on any atom is 0.124 e. The lowest BCUT2D eigenvalue weighted by molar-refractivity contribution is 0.549. The van der Waals surface area contributed by atoms with E-state index in [4.69, 9.17) is 0 Å². The lowest BCUT2D eigenvalue weighted by Crippen LogP contribution is -2.37.